The van der Waals surface area contributed by atoms with Crippen molar-refractivity contribution >= 4 is 0 Å². The Hall–Kier alpha value is -0.260. The minimum atomic E-state index is 0.940. The summed E-state index contributed by atoms with van der Waals surface area (Å²) in [6.07, 6.45) is 9.24. The molecule has 3 rings (SSSR count). The van der Waals surface area contributed by atoms with Gasteiger partial charge in [0.25, 0.3) is 0 Å². The lowest BCUT2D eigenvalue weighted by atomic mass is 9.70. The molecule has 0 saturated heterocycles. The molecule has 0 nitrogen and oxygen atoms in total. The van der Waals surface area contributed by atoms with E-state index in [9.17, 15) is 0 Å². The zero-order chi connectivity index (χ0) is 8.27. The highest BCUT2D eigenvalue weighted by Gasteiger charge is 2.28. The van der Waals surface area contributed by atoms with Gasteiger partial charge in [-0.05, 0) is 37.0 Å². The van der Waals surface area contributed by atoms with E-state index in [0.717, 1.165) is 17.8 Å². The van der Waals surface area contributed by atoms with E-state index in [-0.39, 0.29) is 0 Å². The Morgan fingerprint density at radius 3 is 2.00 bits per heavy atom. The first-order chi connectivity index (χ1) is 5.36. The van der Waals surface area contributed by atoms with Crippen LogP contribution in [0.15, 0.2) is 12.2 Å². The first-order valence-corrected chi connectivity index (χ1v) is 5.04. The number of hydrogen-bond donors (Lipinski definition) is 0. The highest BCUT2D eigenvalue weighted by Crippen LogP contribution is 2.39. The van der Waals surface area contributed by atoms with Crippen molar-refractivity contribution < 1.29 is 0 Å². The van der Waals surface area contributed by atoms with Gasteiger partial charge in [0.05, 0.1) is 0 Å². The van der Waals surface area contributed by atoms with E-state index in [1.54, 1.807) is 0 Å². The molecule has 3 aliphatic carbocycles. The second kappa shape index (κ2) is 3.94. The van der Waals surface area contributed by atoms with Crippen molar-refractivity contribution in [3.63, 3.8) is 0 Å². The molecule has 0 aromatic rings. The molecule has 2 bridgehead atoms. The maximum atomic E-state index is 2.43. The number of allylic oxidation sites excluding steroid dienone is 2. The third-order valence-electron chi connectivity index (χ3n) is 2.91. The van der Waals surface area contributed by atoms with Crippen LogP contribution >= 0.6 is 0 Å². The SMILES string of the molecule is CC.CC1C[C@@H]2C=CC1CC2. The van der Waals surface area contributed by atoms with Crippen molar-refractivity contribution in [1.29, 1.82) is 0 Å². The van der Waals surface area contributed by atoms with Gasteiger partial charge in [-0.25, -0.2) is 0 Å². The fraction of sp³-hybridized carbons (Fsp3) is 0.818. The topological polar surface area (TPSA) is 0 Å². The van der Waals surface area contributed by atoms with Gasteiger partial charge in [0, 0.05) is 0 Å². The summed E-state index contributed by atoms with van der Waals surface area (Å²) < 4.78 is 0. The normalized spacial score (nSPS) is 39.7. The van der Waals surface area contributed by atoms with Crippen LogP contribution in [0.4, 0.5) is 0 Å². The first kappa shape index (κ1) is 8.83. The fourth-order valence-corrected chi connectivity index (χ4v) is 2.22. The zero-order valence-corrected chi connectivity index (χ0v) is 8.01. The van der Waals surface area contributed by atoms with Crippen LogP contribution in [0, 0.1) is 17.8 Å². The van der Waals surface area contributed by atoms with Gasteiger partial charge in [-0.1, -0.05) is 32.9 Å². The van der Waals surface area contributed by atoms with E-state index in [1.165, 1.54) is 19.3 Å². The summed E-state index contributed by atoms with van der Waals surface area (Å²) in [5.41, 5.74) is 0. The molecule has 0 aliphatic heterocycles. The van der Waals surface area contributed by atoms with Crippen molar-refractivity contribution in [1.82, 2.24) is 0 Å². The molecule has 0 amide bonds. The molecule has 3 atom stereocenters. The summed E-state index contributed by atoms with van der Waals surface area (Å²) >= 11 is 0. The summed E-state index contributed by atoms with van der Waals surface area (Å²) in [7, 11) is 0. The maximum Gasteiger partial charge on any atom is -0.0207 e. The van der Waals surface area contributed by atoms with Gasteiger partial charge in [-0.2, -0.15) is 0 Å². The van der Waals surface area contributed by atoms with Crippen molar-refractivity contribution in [3.8, 4) is 0 Å². The molecule has 0 N–H and O–H groups in total. The summed E-state index contributed by atoms with van der Waals surface area (Å²) in [4.78, 5) is 0. The second-order valence-electron chi connectivity index (χ2n) is 3.60. The van der Waals surface area contributed by atoms with Crippen molar-refractivity contribution in [3.05, 3.63) is 12.2 Å². The Balaban J connectivity index is 0.000000281. The molecule has 0 heterocycles. The average molecular weight is 152 g/mol. The van der Waals surface area contributed by atoms with Gasteiger partial charge in [0.2, 0.25) is 0 Å². The monoisotopic (exact) mass is 152 g/mol. The lowest BCUT2D eigenvalue weighted by molar-refractivity contribution is 0.238. The summed E-state index contributed by atoms with van der Waals surface area (Å²) in [5, 5.41) is 0. The van der Waals surface area contributed by atoms with E-state index < -0.39 is 0 Å². The summed E-state index contributed by atoms with van der Waals surface area (Å²) in [6.45, 7) is 6.39. The molecule has 3 aliphatic rings. The van der Waals surface area contributed by atoms with Gasteiger partial charge >= 0.3 is 0 Å². The fourth-order valence-electron chi connectivity index (χ4n) is 2.22. The molecule has 0 spiro atoms. The number of fused-ring (bicyclic) bond motifs is 2. The van der Waals surface area contributed by atoms with E-state index >= 15 is 0 Å². The molecule has 1 saturated carbocycles. The molecule has 11 heavy (non-hydrogen) atoms. The quantitative estimate of drug-likeness (QED) is 0.465. The van der Waals surface area contributed by atoms with Crippen LogP contribution in [-0.2, 0) is 0 Å². The van der Waals surface area contributed by atoms with Crippen molar-refractivity contribution in [2.24, 2.45) is 17.8 Å². The number of hydrogen-bond acceptors (Lipinski definition) is 0. The first-order valence-electron chi connectivity index (χ1n) is 5.04. The van der Waals surface area contributed by atoms with Crippen LogP contribution in [0.25, 0.3) is 0 Å². The molecule has 2 unspecified atom stereocenters. The molecular weight excluding hydrogens is 132 g/mol. The van der Waals surface area contributed by atoms with Crippen molar-refractivity contribution in [2.45, 2.75) is 40.0 Å². The zero-order valence-electron chi connectivity index (χ0n) is 8.01. The Bertz CT molecular complexity index is 135. The van der Waals surface area contributed by atoms with Gasteiger partial charge in [0.1, 0.15) is 0 Å². The largest absolute Gasteiger partial charge is 0.0851 e. The maximum absolute atomic E-state index is 2.43. The smallest absolute Gasteiger partial charge is 0.0207 e. The minimum Gasteiger partial charge on any atom is -0.0851 e. The van der Waals surface area contributed by atoms with Gasteiger partial charge in [-0.3, -0.25) is 0 Å². The van der Waals surface area contributed by atoms with E-state index in [0.29, 0.717) is 0 Å². The van der Waals surface area contributed by atoms with Crippen LogP contribution < -0.4 is 0 Å². The van der Waals surface area contributed by atoms with Crippen LogP contribution in [0.1, 0.15) is 40.0 Å². The minimum absolute atomic E-state index is 0.940. The van der Waals surface area contributed by atoms with Crippen LogP contribution in [0.3, 0.4) is 0 Å². The second-order valence-corrected chi connectivity index (χ2v) is 3.60. The molecule has 1 fully saturated rings. The van der Waals surface area contributed by atoms with Crippen LogP contribution in [0.5, 0.6) is 0 Å². The highest BCUT2D eigenvalue weighted by molar-refractivity contribution is 5.04. The third kappa shape index (κ3) is 1.85. The molecule has 64 valence electrons. The van der Waals surface area contributed by atoms with Gasteiger partial charge < -0.3 is 0 Å². The predicted molar refractivity (Wildman–Crippen MR) is 50.5 cm³/mol. The number of rotatable bonds is 0. The van der Waals surface area contributed by atoms with Crippen LogP contribution in [0.2, 0.25) is 0 Å². The molecular formula is C11H20. The van der Waals surface area contributed by atoms with Crippen molar-refractivity contribution in [2.75, 3.05) is 0 Å². The van der Waals surface area contributed by atoms with E-state index in [2.05, 4.69) is 19.1 Å². The lowest BCUT2D eigenvalue weighted by Crippen LogP contribution is -2.24. The summed E-state index contributed by atoms with van der Waals surface area (Å²) in [5.74, 6) is 2.87. The molecule has 0 aromatic carbocycles. The van der Waals surface area contributed by atoms with Gasteiger partial charge in [-0.15, -0.1) is 0 Å². The Labute approximate surface area is 70.7 Å². The van der Waals surface area contributed by atoms with E-state index in [4.69, 9.17) is 0 Å². The highest BCUT2D eigenvalue weighted by atomic mass is 14.3. The van der Waals surface area contributed by atoms with Crippen LogP contribution in [-0.4, -0.2) is 0 Å². The standard InChI is InChI=1S/C9H14.C2H6/c1-7-6-8-2-4-9(7)5-3-8;1-2/h2,4,7-9H,3,5-6H2,1H3;1-2H3/t7?,8-,9?;/m1./s1. The van der Waals surface area contributed by atoms with Gasteiger partial charge in [0.15, 0.2) is 0 Å². The Morgan fingerprint density at radius 1 is 1.09 bits per heavy atom. The summed E-state index contributed by atoms with van der Waals surface area (Å²) in [6, 6.07) is 0. The Kier molecular flexibility index (Phi) is 3.16. The Morgan fingerprint density at radius 2 is 1.82 bits per heavy atom. The molecule has 0 heteroatoms. The average Bonchev–Trinajstić information content (AvgIpc) is 2.10. The van der Waals surface area contributed by atoms with E-state index in [1.807, 2.05) is 13.8 Å². The molecule has 0 aromatic heterocycles. The molecule has 0 radical (unpaired) electrons. The predicted octanol–water partition coefficient (Wildman–Crippen LogP) is 3.63. The third-order valence-corrected chi connectivity index (χ3v) is 2.91. The lowest BCUT2D eigenvalue weighted by Gasteiger charge is -2.35.